The summed E-state index contributed by atoms with van der Waals surface area (Å²) in [5.41, 5.74) is 0.479. The fourth-order valence-electron chi connectivity index (χ4n) is 3.51. The van der Waals surface area contributed by atoms with E-state index in [2.05, 4.69) is 38.0 Å². The van der Waals surface area contributed by atoms with Gasteiger partial charge in [-0.3, -0.25) is 0 Å². The van der Waals surface area contributed by atoms with Gasteiger partial charge in [-0.2, -0.15) is 0 Å². The maximum absolute atomic E-state index is 5.51. The van der Waals surface area contributed by atoms with Crippen molar-refractivity contribution in [2.45, 2.75) is 59.3 Å². The predicted octanol–water partition coefficient (Wildman–Crippen LogP) is 3.54. The fourth-order valence-corrected chi connectivity index (χ4v) is 3.51. The average molecular weight is 299 g/mol. The SMILES string of the molecule is CCOCCN(C)CC1(CNCC(C)C)CCCCCC1. The number of ether oxygens (including phenoxy) is 1. The number of rotatable bonds is 10. The molecule has 0 radical (unpaired) electrons. The minimum absolute atomic E-state index is 0.479. The molecule has 3 nitrogen and oxygen atoms in total. The van der Waals surface area contributed by atoms with Crippen molar-refractivity contribution in [3.05, 3.63) is 0 Å². The van der Waals surface area contributed by atoms with E-state index in [0.717, 1.165) is 32.2 Å². The molecule has 0 bridgehead atoms. The maximum Gasteiger partial charge on any atom is 0.0593 e. The molecular weight excluding hydrogens is 260 g/mol. The normalized spacial score (nSPS) is 19.1. The van der Waals surface area contributed by atoms with Gasteiger partial charge in [-0.25, -0.2) is 0 Å². The van der Waals surface area contributed by atoms with Gasteiger partial charge in [0.25, 0.3) is 0 Å². The molecule has 21 heavy (non-hydrogen) atoms. The highest BCUT2D eigenvalue weighted by atomic mass is 16.5. The number of likely N-dealkylation sites (N-methyl/N-ethyl adjacent to an activating group) is 1. The Kier molecular flexibility index (Phi) is 9.54. The Labute approximate surface area is 132 Å². The van der Waals surface area contributed by atoms with E-state index in [1.54, 1.807) is 0 Å². The second-order valence-corrected chi connectivity index (χ2v) is 7.37. The Morgan fingerprint density at radius 2 is 1.81 bits per heavy atom. The van der Waals surface area contributed by atoms with Gasteiger partial charge in [0.1, 0.15) is 0 Å². The first kappa shape index (κ1) is 18.9. The first-order valence-corrected chi connectivity index (χ1v) is 9.05. The summed E-state index contributed by atoms with van der Waals surface area (Å²) >= 11 is 0. The molecule has 1 N–H and O–H groups in total. The Morgan fingerprint density at radius 1 is 1.14 bits per heavy atom. The lowest BCUT2D eigenvalue weighted by atomic mass is 9.79. The quantitative estimate of drug-likeness (QED) is 0.493. The van der Waals surface area contributed by atoms with Crippen molar-refractivity contribution in [1.29, 1.82) is 0 Å². The van der Waals surface area contributed by atoms with Crippen LogP contribution in [0.25, 0.3) is 0 Å². The second-order valence-electron chi connectivity index (χ2n) is 7.37. The number of hydrogen-bond donors (Lipinski definition) is 1. The molecule has 0 unspecified atom stereocenters. The number of nitrogens with one attached hydrogen (secondary N) is 1. The van der Waals surface area contributed by atoms with Crippen molar-refractivity contribution < 1.29 is 4.74 Å². The minimum Gasteiger partial charge on any atom is -0.380 e. The molecule has 1 rings (SSSR count). The summed E-state index contributed by atoms with van der Waals surface area (Å²) < 4.78 is 5.51. The van der Waals surface area contributed by atoms with Crippen molar-refractivity contribution in [3.8, 4) is 0 Å². The molecular formula is C18H38N2O. The number of nitrogens with zero attached hydrogens (tertiary/aromatic N) is 1. The molecule has 1 aliphatic rings. The van der Waals surface area contributed by atoms with Crippen molar-refractivity contribution in [2.75, 3.05) is 46.4 Å². The lowest BCUT2D eigenvalue weighted by molar-refractivity contribution is 0.0919. The molecule has 1 aliphatic carbocycles. The van der Waals surface area contributed by atoms with Crippen molar-refractivity contribution in [3.63, 3.8) is 0 Å². The average Bonchev–Trinajstić information content (AvgIpc) is 2.64. The minimum atomic E-state index is 0.479. The molecule has 0 aliphatic heterocycles. The summed E-state index contributed by atoms with van der Waals surface area (Å²) in [5, 5.41) is 3.74. The van der Waals surface area contributed by atoms with Crippen LogP contribution in [-0.2, 0) is 4.74 Å². The maximum atomic E-state index is 5.51. The van der Waals surface area contributed by atoms with Gasteiger partial charge in [0.05, 0.1) is 6.61 Å². The zero-order valence-corrected chi connectivity index (χ0v) is 14.9. The fraction of sp³-hybridized carbons (Fsp3) is 1.00. The third-order valence-electron chi connectivity index (χ3n) is 4.64. The van der Waals surface area contributed by atoms with E-state index in [-0.39, 0.29) is 0 Å². The summed E-state index contributed by atoms with van der Waals surface area (Å²) in [6.45, 7) is 12.9. The zero-order valence-electron chi connectivity index (χ0n) is 14.9. The Bertz CT molecular complexity index is 248. The predicted molar refractivity (Wildman–Crippen MR) is 91.8 cm³/mol. The molecule has 0 atom stereocenters. The molecule has 0 aromatic carbocycles. The zero-order chi connectivity index (χ0) is 15.6. The Morgan fingerprint density at radius 3 is 2.38 bits per heavy atom. The van der Waals surface area contributed by atoms with Gasteiger partial charge in [0.15, 0.2) is 0 Å². The van der Waals surface area contributed by atoms with Gasteiger partial charge in [-0.05, 0) is 44.7 Å². The van der Waals surface area contributed by atoms with Crippen LogP contribution in [0.3, 0.4) is 0 Å². The highest BCUT2D eigenvalue weighted by Crippen LogP contribution is 2.35. The third kappa shape index (κ3) is 8.18. The van der Waals surface area contributed by atoms with Crippen LogP contribution in [0.5, 0.6) is 0 Å². The molecule has 0 saturated heterocycles. The Hall–Kier alpha value is -0.120. The van der Waals surface area contributed by atoms with Crippen molar-refractivity contribution in [1.82, 2.24) is 10.2 Å². The summed E-state index contributed by atoms with van der Waals surface area (Å²) in [7, 11) is 2.26. The summed E-state index contributed by atoms with van der Waals surface area (Å²) in [6, 6.07) is 0. The van der Waals surface area contributed by atoms with Crippen LogP contribution in [0.2, 0.25) is 0 Å². The van der Waals surface area contributed by atoms with E-state index in [1.165, 1.54) is 51.6 Å². The molecule has 0 heterocycles. The van der Waals surface area contributed by atoms with Crippen LogP contribution in [0.4, 0.5) is 0 Å². The molecule has 126 valence electrons. The molecule has 1 fully saturated rings. The van der Waals surface area contributed by atoms with Crippen LogP contribution < -0.4 is 5.32 Å². The Balaban J connectivity index is 2.49. The van der Waals surface area contributed by atoms with Crippen LogP contribution in [0, 0.1) is 11.3 Å². The highest BCUT2D eigenvalue weighted by Gasteiger charge is 2.31. The van der Waals surface area contributed by atoms with Crippen molar-refractivity contribution in [2.24, 2.45) is 11.3 Å². The van der Waals surface area contributed by atoms with Gasteiger partial charge < -0.3 is 15.0 Å². The van der Waals surface area contributed by atoms with Gasteiger partial charge in [0, 0.05) is 26.2 Å². The van der Waals surface area contributed by atoms with Gasteiger partial charge in [-0.15, -0.1) is 0 Å². The third-order valence-corrected chi connectivity index (χ3v) is 4.64. The number of hydrogen-bond acceptors (Lipinski definition) is 3. The van der Waals surface area contributed by atoms with Gasteiger partial charge >= 0.3 is 0 Å². The van der Waals surface area contributed by atoms with Crippen molar-refractivity contribution >= 4 is 0 Å². The van der Waals surface area contributed by atoms with E-state index < -0.39 is 0 Å². The first-order valence-electron chi connectivity index (χ1n) is 9.05. The molecule has 3 heteroatoms. The van der Waals surface area contributed by atoms with Gasteiger partial charge in [-0.1, -0.05) is 39.5 Å². The molecule has 0 spiro atoms. The smallest absolute Gasteiger partial charge is 0.0593 e. The monoisotopic (exact) mass is 298 g/mol. The van der Waals surface area contributed by atoms with Crippen LogP contribution in [-0.4, -0.2) is 51.3 Å². The standard InChI is InChI=1S/C18H38N2O/c1-5-21-13-12-20(4)16-18(15-19-14-17(2)3)10-8-6-7-9-11-18/h17,19H,5-16H2,1-4H3. The summed E-state index contributed by atoms with van der Waals surface area (Å²) in [6.07, 6.45) is 8.43. The molecule has 1 saturated carbocycles. The lowest BCUT2D eigenvalue weighted by Crippen LogP contribution is -2.44. The van der Waals surface area contributed by atoms with Gasteiger partial charge in [0.2, 0.25) is 0 Å². The topological polar surface area (TPSA) is 24.5 Å². The second kappa shape index (κ2) is 10.6. The summed E-state index contributed by atoms with van der Waals surface area (Å²) in [5.74, 6) is 0.739. The van der Waals surface area contributed by atoms with Crippen LogP contribution >= 0.6 is 0 Å². The molecule has 0 amide bonds. The molecule has 0 aromatic rings. The van der Waals surface area contributed by atoms with E-state index in [0.29, 0.717) is 5.41 Å². The highest BCUT2D eigenvalue weighted by molar-refractivity contribution is 4.86. The van der Waals surface area contributed by atoms with Crippen LogP contribution in [0.15, 0.2) is 0 Å². The van der Waals surface area contributed by atoms with E-state index in [9.17, 15) is 0 Å². The van der Waals surface area contributed by atoms with Crippen LogP contribution in [0.1, 0.15) is 59.3 Å². The first-order chi connectivity index (χ1) is 10.1. The van der Waals surface area contributed by atoms with E-state index >= 15 is 0 Å². The summed E-state index contributed by atoms with van der Waals surface area (Å²) in [4.78, 5) is 2.48. The van der Waals surface area contributed by atoms with E-state index in [4.69, 9.17) is 4.74 Å². The lowest BCUT2D eigenvalue weighted by Gasteiger charge is -2.37. The van der Waals surface area contributed by atoms with E-state index in [1.807, 2.05) is 0 Å². The largest absolute Gasteiger partial charge is 0.380 e. The molecule has 0 aromatic heterocycles.